The van der Waals surface area contributed by atoms with E-state index in [4.69, 9.17) is 0 Å². The van der Waals surface area contributed by atoms with Gasteiger partial charge in [0.15, 0.2) is 15.6 Å². The minimum Gasteiger partial charge on any atom is -0.298 e. The van der Waals surface area contributed by atoms with Crippen molar-refractivity contribution >= 4 is 15.6 Å². The summed E-state index contributed by atoms with van der Waals surface area (Å²) in [4.78, 5) is 13.2. The molecule has 0 saturated carbocycles. The summed E-state index contributed by atoms with van der Waals surface area (Å²) >= 11 is 0. The zero-order valence-electron chi connectivity index (χ0n) is 9.23. The molecule has 0 radical (unpaired) electrons. The van der Waals surface area contributed by atoms with Crippen molar-refractivity contribution < 1.29 is 13.2 Å². The molecule has 0 N–H and O–H groups in total. The van der Waals surface area contributed by atoms with Gasteiger partial charge in [-0.1, -0.05) is 0 Å². The topological polar surface area (TPSA) is 54.5 Å². The van der Waals surface area contributed by atoms with Gasteiger partial charge in [0, 0.05) is 0 Å². The average Bonchev–Trinajstić information content (AvgIpc) is 2.21. The summed E-state index contributed by atoms with van der Waals surface area (Å²) in [6, 6.07) is 0. The van der Waals surface area contributed by atoms with Gasteiger partial charge in [-0.05, 0) is 34.7 Å². The minimum absolute atomic E-state index is 0.0968. The fourth-order valence-corrected chi connectivity index (χ4v) is 4.26. The normalized spacial score (nSPS) is 42.6. The summed E-state index contributed by atoms with van der Waals surface area (Å²) in [5.41, 5.74) is -0.877. The zero-order valence-corrected chi connectivity index (χ0v) is 10.1. The molecule has 1 rings (SSSR count). The van der Waals surface area contributed by atoms with Crippen LogP contribution in [0.3, 0.4) is 0 Å². The highest BCUT2D eigenvalue weighted by atomic mass is 32.2. The van der Waals surface area contributed by atoms with Gasteiger partial charge >= 0.3 is 0 Å². The Morgan fingerprint density at radius 1 is 1.36 bits per heavy atom. The Hall–Kier alpha value is -0.420. The van der Waals surface area contributed by atoms with E-state index in [1.807, 2.05) is 0 Å². The van der Waals surface area contributed by atoms with Crippen molar-refractivity contribution in [2.24, 2.45) is 0 Å². The first-order valence-electron chi connectivity index (χ1n) is 4.63. The highest BCUT2D eigenvalue weighted by Gasteiger charge is 2.57. The highest BCUT2D eigenvalue weighted by molar-refractivity contribution is 7.93. The van der Waals surface area contributed by atoms with E-state index in [0.29, 0.717) is 0 Å². The van der Waals surface area contributed by atoms with Gasteiger partial charge in [-0.2, -0.15) is 0 Å². The number of rotatable bonds is 1. The van der Waals surface area contributed by atoms with Crippen LogP contribution in [0.25, 0.3) is 0 Å². The van der Waals surface area contributed by atoms with Crippen LogP contribution in [-0.2, 0) is 14.6 Å². The number of carbonyl (C=O) groups excluding carboxylic acids is 1. The third-order valence-electron chi connectivity index (χ3n) is 3.75. The molecule has 3 unspecified atom stereocenters. The lowest BCUT2D eigenvalue weighted by Gasteiger charge is -2.32. The number of hydrogen-bond acceptors (Lipinski definition) is 4. The molecular weight excluding hydrogens is 202 g/mol. The van der Waals surface area contributed by atoms with Gasteiger partial charge in [-0.15, -0.1) is 0 Å². The number of Topliss-reactive ketones (excluding diaryl/α,β-unsaturated/α-hetero) is 1. The maximum atomic E-state index is 11.8. The Morgan fingerprint density at radius 2 is 1.79 bits per heavy atom. The molecule has 4 nitrogen and oxygen atoms in total. The van der Waals surface area contributed by atoms with Crippen LogP contribution in [0, 0.1) is 0 Å². The first-order valence-corrected chi connectivity index (χ1v) is 6.24. The van der Waals surface area contributed by atoms with Gasteiger partial charge in [-0.25, -0.2) is 8.42 Å². The SMILES string of the molecule is CC(=O)C1(C)C(C)S(=O)(=O)C(C)N1C. The predicted molar refractivity (Wildman–Crippen MR) is 54.7 cm³/mol. The summed E-state index contributed by atoms with van der Waals surface area (Å²) in [7, 11) is -1.51. The predicted octanol–water partition coefficient (Wildman–Crippen LogP) is 0.429. The fraction of sp³-hybridized carbons (Fsp3) is 0.889. The van der Waals surface area contributed by atoms with Crippen molar-refractivity contribution in [1.29, 1.82) is 0 Å². The molecule has 82 valence electrons. The monoisotopic (exact) mass is 219 g/mol. The van der Waals surface area contributed by atoms with Crippen LogP contribution in [0.5, 0.6) is 0 Å². The molecule has 1 heterocycles. The number of sulfone groups is 1. The van der Waals surface area contributed by atoms with Crippen molar-refractivity contribution in [3.05, 3.63) is 0 Å². The molecule has 0 amide bonds. The first-order chi connectivity index (χ1) is 6.16. The van der Waals surface area contributed by atoms with Crippen molar-refractivity contribution in [1.82, 2.24) is 4.90 Å². The van der Waals surface area contributed by atoms with Crippen molar-refractivity contribution in [3.8, 4) is 0 Å². The first kappa shape index (κ1) is 11.7. The third-order valence-corrected chi connectivity index (χ3v) is 6.46. The van der Waals surface area contributed by atoms with E-state index in [1.165, 1.54) is 6.92 Å². The zero-order chi connectivity index (χ0) is 11.3. The summed E-state index contributed by atoms with van der Waals surface area (Å²) in [5.74, 6) is -0.0968. The maximum Gasteiger partial charge on any atom is 0.170 e. The lowest BCUT2D eigenvalue weighted by molar-refractivity contribution is -0.126. The molecule has 1 aliphatic heterocycles. The quantitative estimate of drug-likeness (QED) is 0.641. The number of ketones is 1. The lowest BCUT2D eigenvalue weighted by atomic mass is 9.92. The molecule has 1 aliphatic rings. The van der Waals surface area contributed by atoms with Crippen LogP contribution in [-0.4, -0.2) is 42.3 Å². The molecular formula is C9H17NO3S. The standard InChI is InChI=1S/C9H17NO3S/c1-6(11)9(4)7(2)14(12,13)8(3)10(9)5/h7-8H,1-5H3. The second-order valence-corrected chi connectivity index (χ2v) is 6.71. The number of hydrogen-bond donors (Lipinski definition) is 0. The van der Waals surface area contributed by atoms with Gasteiger partial charge in [0.25, 0.3) is 0 Å². The van der Waals surface area contributed by atoms with Crippen LogP contribution >= 0.6 is 0 Å². The van der Waals surface area contributed by atoms with E-state index in [0.717, 1.165) is 0 Å². The van der Waals surface area contributed by atoms with E-state index >= 15 is 0 Å². The minimum atomic E-state index is -3.20. The van der Waals surface area contributed by atoms with Crippen molar-refractivity contribution in [2.75, 3.05) is 7.05 Å². The lowest BCUT2D eigenvalue weighted by Crippen LogP contribution is -2.52. The molecule has 3 atom stereocenters. The van der Waals surface area contributed by atoms with Crippen LogP contribution in [0.15, 0.2) is 0 Å². The summed E-state index contributed by atoms with van der Waals surface area (Å²) < 4.78 is 23.7. The summed E-state index contributed by atoms with van der Waals surface area (Å²) in [6.45, 7) is 6.37. The van der Waals surface area contributed by atoms with Crippen molar-refractivity contribution in [3.63, 3.8) is 0 Å². The van der Waals surface area contributed by atoms with Gasteiger partial charge in [0.2, 0.25) is 0 Å². The molecule has 14 heavy (non-hydrogen) atoms. The molecule has 1 saturated heterocycles. The Balaban J connectivity index is 3.34. The second-order valence-electron chi connectivity index (χ2n) is 4.15. The van der Waals surface area contributed by atoms with E-state index in [2.05, 4.69) is 0 Å². The summed E-state index contributed by atoms with van der Waals surface area (Å²) in [6.07, 6.45) is 0. The van der Waals surface area contributed by atoms with Gasteiger partial charge < -0.3 is 0 Å². The average molecular weight is 219 g/mol. The molecule has 0 aromatic heterocycles. The Kier molecular flexibility index (Phi) is 2.53. The van der Waals surface area contributed by atoms with Gasteiger partial charge in [0.1, 0.15) is 5.37 Å². The van der Waals surface area contributed by atoms with Crippen molar-refractivity contribution in [2.45, 2.75) is 43.9 Å². The molecule has 5 heteroatoms. The number of likely N-dealkylation sites (N-methyl/N-ethyl adjacent to an activating group) is 1. The molecule has 1 fully saturated rings. The maximum absolute atomic E-state index is 11.8. The molecule has 0 aliphatic carbocycles. The number of nitrogens with zero attached hydrogens (tertiary/aromatic N) is 1. The van der Waals surface area contributed by atoms with E-state index in [-0.39, 0.29) is 5.78 Å². The Labute approximate surface area is 85.2 Å². The van der Waals surface area contributed by atoms with E-state index < -0.39 is 26.0 Å². The van der Waals surface area contributed by atoms with Gasteiger partial charge in [0.05, 0.1) is 10.8 Å². The van der Waals surface area contributed by atoms with Crippen LogP contribution in [0.2, 0.25) is 0 Å². The summed E-state index contributed by atoms with van der Waals surface area (Å²) in [5, 5.41) is -1.21. The van der Waals surface area contributed by atoms with Crippen LogP contribution < -0.4 is 0 Å². The Bertz CT molecular complexity index is 362. The highest BCUT2D eigenvalue weighted by Crippen LogP contribution is 2.37. The fourth-order valence-electron chi connectivity index (χ4n) is 2.03. The largest absolute Gasteiger partial charge is 0.298 e. The van der Waals surface area contributed by atoms with Crippen LogP contribution in [0.4, 0.5) is 0 Å². The molecule has 0 aromatic carbocycles. The second kappa shape index (κ2) is 3.03. The van der Waals surface area contributed by atoms with Gasteiger partial charge in [-0.3, -0.25) is 9.69 Å². The molecule has 0 spiro atoms. The Morgan fingerprint density at radius 3 is 1.93 bits per heavy atom. The molecule has 0 bridgehead atoms. The smallest absolute Gasteiger partial charge is 0.170 e. The molecule has 0 aromatic rings. The number of carbonyl (C=O) groups is 1. The van der Waals surface area contributed by atoms with E-state index in [1.54, 1.807) is 32.7 Å². The van der Waals surface area contributed by atoms with E-state index in [9.17, 15) is 13.2 Å². The van der Waals surface area contributed by atoms with Crippen LogP contribution in [0.1, 0.15) is 27.7 Å². The third kappa shape index (κ3) is 1.15.